The predicted octanol–water partition coefficient (Wildman–Crippen LogP) is 4.87. The Labute approximate surface area is 144 Å². The molecule has 0 aliphatic carbocycles. The lowest BCUT2D eigenvalue weighted by Gasteiger charge is -2.10. The first-order chi connectivity index (χ1) is 11.7. The molecule has 0 atom stereocenters. The highest BCUT2D eigenvalue weighted by atomic mass is 32.1. The molecule has 2 heterocycles. The van der Waals surface area contributed by atoms with Gasteiger partial charge in [-0.2, -0.15) is 0 Å². The average molecular weight is 342 g/mol. The van der Waals surface area contributed by atoms with Crippen LogP contribution in [0.15, 0.2) is 54.2 Å². The molecule has 0 saturated carbocycles. The van der Waals surface area contributed by atoms with Crippen LogP contribution in [-0.4, -0.2) is 17.0 Å². The molecule has 5 heteroatoms. The Morgan fingerprint density at radius 1 is 1.21 bits per heavy atom. The first-order valence-corrected chi connectivity index (χ1v) is 8.87. The summed E-state index contributed by atoms with van der Waals surface area (Å²) in [4.78, 5) is 13.2. The van der Waals surface area contributed by atoms with Crippen molar-refractivity contribution < 1.29 is 9.18 Å². The number of nitrogens with one attached hydrogen (secondary N) is 1. The maximum absolute atomic E-state index is 13.2. The Balaban J connectivity index is 2.01. The monoisotopic (exact) mass is 342 g/mol. The van der Waals surface area contributed by atoms with E-state index in [0.717, 1.165) is 29.7 Å². The third kappa shape index (κ3) is 3.41. The van der Waals surface area contributed by atoms with Gasteiger partial charge in [-0.1, -0.05) is 25.5 Å². The Morgan fingerprint density at radius 3 is 2.58 bits per heavy atom. The van der Waals surface area contributed by atoms with E-state index in [-0.39, 0.29) is 11.7 Å². The molecule has 24 heavy (non-hydrogen) atoms. The molecule has 1 N–H and O–H groups in total. The summed E-state index contributed by atoms with van der Waals surface area (Å²) >= 11 is 1.41. The molecule has 0 saturated heterocycles. The van der Waals surface area contributed by atoms with Crippen LogP contribution in [-0.2, 0) is 0 Å². The van der Waals surface area contributed by atoms with Gasteiger partial charge in [0.2, 0.25) is 0 Å². The number of amides is 1. The molecule has 0 radical (unpaired) electrons. The summed E-state index contributed by atoms with van der Waals surface area (Å²) in [5.41, 5.74) is 2.66. The highest BCUT2D eigenvalue weighted by molar-refractivity contribution is 7.13. The summed E-state index contributed by atoms with van der Waals surface area (Å²) in [5, 5.41) is 4.93. The van der Waals surface area contributed by atoms with Gasteiger partial charge < -0.3 is 9.88 Å². The Morgan fingerprint density at radius 2 is 1.92 bits per heavy atom. The summed E-state index contributed by atoms with van der Waals surface area (Å²) in [6.45, 7) is 2.76. The second-order valence-electron chi connectivity index (χ2n) is 5.53. The van der Waals surface area contributed by atoms with E-state index in [1.807, 2.05) is 34.5 Å². The fraction of sp³-hybridized carbons (Fsp3) is 0.211. The zero-order chi connectivity index (χ0) is 16.9. The van der Waals surface area contributed by atoms with Crippen molar-refractivity contribution in [3.8, 4) is 16.8 Å². The first-order valence-electron chi connectivity index (χ1n) is 7.99. The fourth-order valence-corrected chi connectivity index (χ4v) is 3.54. The summed E-state index contributed by atoms with van der Waals surface area (Å²) in [7, 11) is 0. The van der Waals surface area contributed by atoms with Crippen molar-refractivity contribution >= 4 is 17.2 Å². The van der Waals surface area contributed by atoms with Gasteiger partial charge >= 0.3 is 0 Å². The van der Waals surface area contributed by atoms with Crippen molar-refractivity contribution in [2.75, 3.05) is 6.54 Å². The molecule has 0 unspecified atom stereocenters. The number of rotatable bonds is 6. The Kier molecular flexibility index (Phi) is 5.11. The second-order valence-corrected chi connectivity index (χ2v) is 6.41. The van der Waals surface area contributed by atoms with E-state index in [1.54, 1.807) is 12.1 Å². The first kappa shape index (κ1) is 16.5. The van der Waals surface area contributed by atoms with Crippen LogP contribution in [0.25, 0.3) is 16.8 Å². The zero-order valence-corrected chi connectivity index (χ0v) is 14.3. The maximum atomic E-state index is 13.2. The Bertz CT molecular complexity index is 807. The summed E-state index contributed by atoms with van der Waals surface area (Å²) in [6.07, 6.45) is 5.83. The van der Waals surface area contributed by atoms with Crippen LogP contribution in [0.3, 0.4) is 0 Å². The molecule has 0 aliphatic heterocycles. The van der Waals surface area contributed by atoms with Gasteiger partial charge in [0.25, 0.3) is 5.91 Å². The predicted molar refractivity (Wildman–Crippen MR) is 96.3 cm³/mol. The van der Waals surface area contributed by atoms with Gasteiger partial charge in [-0.05, 0) is 36.2 Å². The van der Waals surface area contributed by atoms with E-state index >= 15 is 0 Å². The highest BCUT2D eigenvalue weighted by Crippen LogP contribution is 2.35. The minimum atomic E-state index is -0.269. The molecule has 1 amide bonds. The molecule has 0 bridgehead atoms. The number of halogens is 1. The number of aromatic nitrogens is 1. The molecule has 0 spiro atoms. The molecule has 2 aromatic heterocycles. The molecule has 0 aliphatic rings. The van der Waals surface area contributed by atoms with Crippen molar-refractivity contribution in [2.24, 2.45) is 0 Å². The molecule has 3 aromatic rings. The normalized spacial score (nSPS) is 10.8. The number of nitrogens with zero attached hydrogens (tertiary/aromatic N) is 1. The van der Waals surface area contributed by atoms with Crippen molar-refractivity contribution in [2.45, 2.75) is 19.8 Å². The number of hydrogen-bond acceptors (Lipinski definition) is 2. The van der Waals surface area contributed by atoms with Gasteiger partial charge in [0.05, 0.1) is 5.69 Å². The van der Waals surface area contributed by atoms with Crippen molar-refractivity contribution in [1.82, 2.24) is 9.88 Å². The number of carbonyl (C=O) groups excluding carboxylic acids is 1. The third-order valence-corrected chi connectivity index (χ3v) is 4.77. The van der Waals surface area contributed by atoms with E-state index in [1.165, 1.54) is 23.5 Å². The van der Waals surface area contributed by atoms with Crippen molar-refractivity contribution in [3.05, 3.63) is 64.9 Å². The fourth-order valence-electron chi connectivity index (χ4n) is 2.55. The summed E-state index contributed by atoms with van der Waals surface area (Å²) < 4.78 is 15.2. The van der Waals surface area contributed by atoms with Gasteiger partial charge in [0.1, 0.15) is 10.7 Å². The average Bonchev–Trinajstić information content (AvgIpc) is 3.24. The lowest BCUT2D eigenvalue weighted by atomic mass is 10.1. The van der Waals surface area contributed by atoms with E-state index in [2.05, 4.69) is 12.2 Å². The van der Waals surface area contributed by atoms with E-state index < -0.39 is 0 Å². The quantitative estimate of drug-likeness (QED) is 0.637. The SMILES string of the molecule is CCCCNC(=O)c1scc(-c2ccc(F)cc2)c1-n1cccc1. The number of thiophene rings is 1. The maximum Gasteiger partial charge on any atom is 0.263 e. The number of hydrogen-bond donors (Lipinski definition) is 1. The van der Waals surface area contributed by atoms with Gasteiger partial charge in [0.15, 0.2) is 0 Å². The van der Waals surface area contributed by atoms with Crippen LogP contribution in [0.2, 0.25) is 0 Å². The molecular formula is C19H19FN2OS. The number of unbranched alkanes of at least 4 members (excludes halogenated alkanes) is 1. The minimum absolute atomic E-state index is 0.0643. The van der Waals surface area contributed by atoms with Crippen LogP contribution in [0.5, 0.6) is 0 Å². The van der Waals surface area contributed by atoms with Crippen molar-refractivity contribution in [3.63, 3.8) is 0 Å². The standard InChI is InChI=1S/C19H19FN2OS/c1-2-3-10-21-19(23)18-17(22-11-4-5-12-22)16(13-24-18)14-6-8-15(20)9-7-14/h4-9,11-13H,2-3,10H2,1H3,(H,21,23). The molecule has 1 aromatic carbocycles. The van der Waals surface area contributed by atoms with Crippen LogP contribution < -0.4 is 5.32 Å². The van der Waals surface area contributed by atoms with Crippen LogP contribution in [0.4, 0.5) is 4.39 Å². The topological polar surface area (TPSA) is 34.0 Å². The highest BCUT2D eigenvalue weighted by Gasteiger charge is 2.20. The van der Waals surface area contributed by atoms with Crippen LogP contribution >= 0.6 is 11.3 Å². The third-order valence-electron chi connectivity index (χ3n) is 3.80. The van der Waals surface area contributed by atoms with Gasteiger partial charge in [0, 0.05) is 29.9 Å². The molecule has 3 nitrogen and oxygen atoms in total. The second kappa shape index (κ2) is 7.45. The molecule has 124 valence electrons. The number of carbonyl (C=O) groups is 1. The lowest BCUT2D eigenvalue weighted by Crippen LogP contribution is -2.24. The Hall–Kier alpha value is -2.40. The van der Waals surface area contributed by atoms with Gasteiger partial charge in [-0.15, -0.1) is 11.3 Å². The number of benzene rings is 1. The molecule has 3 rings (SSSR count). The summed E-state index contributed by atoms with van der Waals surface area (Å²) in [6, 6.07) is 10.2. The van der Waals surface area contributed by atoms with Crippen molar-refractivity contribution in [1.29, 1.82) is 0 Å². The van der Waals surface area contributed by atoms with Gasteiger partial charge in [-0.25, -0.2) is 4.39 Å². The molecule has 0 fully saturated rings. The largest absolute Gasteiger partial charge is 0.351 e. The zero-order valence-electron chi connectivity index (χ0n) is 13.5. The summed E-state index contributed by atoms with van der Waals surface area (Å²) in [5.74, 6) is -0.334. The van der Waals surface area contributed by atoms with E-state index in [9.17, 15) is 9.18 Å². The van der Waals surface area contributed by atoms with E-state index in [4.69, 9.17) is 0 Å². The van der Waals surface area contributed by atoms with E-state index in [0.29, 0.717) is 11.4 Å². The smallest absolute Gasteiger partial charge is 0.263 e. The lowest BCUT2D eigenvalue weighted by molar-refractivity contribution is 0.0957. The van der Waals surface area contributed by atoms with Crippen LogP contribution in [0.1, 0.15) is 29.4 Å². The minimum Gasteiger partial charge on any atom is -0.351 e. The van der Waals surface area contributed by atoms with Crippen LogP contribution in [0, 0.1) is 5.82 Å². The van der Waals surface area contributed by atoms with Gasteiger partial charge in [-0.3, -0.25) is 4.79 Å². The molecular weight excluding hydrogens is 323 g/mol.